The van der Waals surface area contributed by atoms with Crippen molar-refractivity contribution in [1.29, 1.82) is 0 Å². The van der Waals surface area contributed by atoms with E-state index in [1.54, 1.807) is 0 Å². The molecule has 1 aliphatic heterocycles. The molecule has 0 saturated carbocycles. The van der Waals surface area contributed by atoms with Crippen molar-refractivity contribution in [2.75, 3.05) is 13.1 Å². The summed E-state index contributed by atoms with van der Waals surface area (Å²) in [5, 5.41) is 2.49. The lowest BCUT2D eigenvalue weighted by atomic mass is 10.0. The minimum atomic E-state index is -3.78. The summed E-state index contributed by atoms with van der Waals surface area (Å²) in [6.45, 7) is 3.03. The standard InChI is InChI=1S/C13H19N3O3S/c1-2-8-14-13(17)15-20(18,19)16-9-7-11-5-3-4-6-12(11)10-16/h3-6H,2,7-10H2,1H3,(H2,14,15,17). The highest BCUT2D eigenvalue weighted by Crippen LogP contribution is 2.20. The number of nitrogens with one attached hydrogen (secondary N) is 2. The number of hydrogen-bond acceptors (Lipinski definition) is 3. The summed E-state index contributed by atoms with van der Waals surface area (Å²) in [5.41, 5.74) is 2.15. The van der Waals surface area contributed by atoms with Gasteiger partial charge in [0.2, 0.25) is 0 Å². The molecule has 2 N–H and O–H groups in total. The van der Waals surface area contributed by atoms with Crippen molar-refractivity contribution in [1.82, 2.24) is 14.3 Å². The van der Waals surface area contributed by atoms with Crippen LogP contribution < -0.4 is 10.0 Å². The van der Waals surface area contributed by atoms with E-state index < -0.39 is 16.2 Å². The molecule has 2 rings (SSSR count). The van der Waals surface area contributed by atoms with Crippen molar-refractivity contribution in [2.24, 2.45) is 0 Å². The first-order chi connectivity index (χ1) is 9.53. The SMILES string of the molecule is CCCNC(=O)NS(=O)(=O)N1CCc2ccccc2C1. The first-order valence-corrected chi connectivity index (χ1v) is 8.09. The number of hydrogen-bond donors (Lipinski definition) is 2. The average Bonchev–Trinajstić information content (AvgIpc) is 2.44. The lowest BCUT2D eigenvalue weighted by Gasteiger charge is -2.27. The molecule has 0 unspecified atom stereocenters. The number of carbonyl (C=O) groups excluding carboxylic acids is 1. The van der Waals surface area contributed by atoms with Gasteiger partial charge in [-0.2, -0.15) is 12.7 Å². The molecule has 7 heteroatoms. The average molecular weight is 297 g/mol. The third kappa shape index (κ3) is 3.49. The molecule has 0 spiro atoms. The molecule has 0 radical (unpaired) electrons. The fraction of sp³-hybridized carbons (Fsp3) is 0.462. The second kappa shape index (κ2) is 6.23. The molecule has 0 aliphatic carbocycles. The van der Waals surface area contributed by atoms with E-state index in [1.807, 2.05) is 35.9 Å². The van der Waals surface area contributed by atoms with Gasteiger partial charge in [0.1, 0.15) is 0 Å². The molecule has 1 aliphatic rings. The maximum absolute atomic E-state index is 12.1. The zero-order chi connectivity index (χ0) is 14.6. The third-order valence-electron chi connectivity index (χ3n) is 3.19. The van der Waals surface area contributed by atoms with E-state index in [9.17, 15) is 13.2 Å². The van der Waals surface area contributed by atoms with E-state index in [-0.39, 0.29) is 0 Å². The Morgan fingerprint density at radius 2 is 2.00 bits per heavy atom. The van der Waals surface area contributed by atoms with Gasteiger partial charge >= 0.3 is 16.2 Å². The van der Waals surface area contributed by atoms with Gasteiger partial charge in [0.25, 0.3) is 0 Å². The Morgan fingerprint density at radius 3 is 2.70 bits per heavy atom. The normalized spacial score (nSPS) is 15.4. The van der Waals surface area contributed by atoms with E-state index in [1.165, 1.54) is 4.31 Å². The van der Waals surface area contributed by atoms with E-state index >= 15 is 0 Å². The second-order valence-electron chi connectivity index (χ2n) is 4.72. The van der Waals surface area contributed by atoms with Crippen LogP contribution >= 0.6 is 0 Å². The highest BCUT2D eigenvalue weighted by molar-refractivity contribution is 7.87. The molecular weight excluding hydrogens is 278 g/mol. The van der Waals surface area contributed by atoms with Gasteiger partial charge in [-0.1, -0.05) is 31.2 Å². The van der Waals surface area contributed by atoms with E-state index in [0.717, 1.165) is 17.5 Å². The Kier molecular flexibility index (Phi) is 4.61. The Hall–Kier alpha value is -1.60. The molecular formula is C13H19N3O3S. The molecule has 1 aromatic carbocycles. The minimum absolute atomic E-state index is 0.298. The summed E-state index contributed by atoms with van der Waals surface area (Å²) in [6, 6.07) is 7.07. The van der Waals surface area contributed by atoms with Crippen LogP contribution in [-0.2, 0) is 23.2 Å². The summed E-state index contributed by atoms with van der Waals surface area (Å²) in [4.78, 5) is 11.5. The number of nitrogens with zero attached hydrogens (tertiary/aromatic N) is 1. The van der Waals surface area contributed by atoms with Crippen LogP contribution in [0.5, 0.6) is 0 Å². The lowest BCUT2D eigenvalue weighted by Crippen LogP contribution is -2.48. The van der Waals surface area contributed by atoms with Crippen LogP contribution in [0.4, 0.5) is 4.79 Å². The quantitative estimate of drug-likeness (QED) is 0.870. The summed E-state index contributed by atoms with van der Waals surface area (Å²) in [7, 11) is -3.78. The predicted octanol–water partition coefficient (Wildman–Crippen LogP) is 0.999. The first-order valence-electron chi connectivity index (χ1n) is 6.65. The maximum Gasteiger partial charge on any atom is 0.329 e. The van der Waals surface area contributed by atoms with Gasteiger partial charge in [-0.3, -0.25) is 0 Å². The number of fused-ring (bicyclic) bond motifs is 1. The molecule has 0 atom stereocenters. The predicted molar refractivity (Wildman–Crippen MR) is 76.3 cm³/mol. The zero-order valence-electron chi connectivity index (χ0n) is 11.4. The van der Waals surface area contributed by atoms with E-state index in [0.29, 0.717) is 26.1 Å². The molecule has 1 heterocycles. The summed E-state index contributed by atoms with van der Waals surface area (Å²) in [5.74, 6) is 0. The molecule has 0 aromatic heterocycles. The molecule has 0 bridgehead atoms. The Balaban J connectivity index is 2.03. The van der Waals surface area contributed by atoms with Crippen LogP contribution in [0.2, 0.25) is 0 Å². The number of amides is 2. The fourth-order valence-corrected chi connectivity index (χ4v) is 3.21. The summed E-state index contributed by atoms with van der Waals surface area (Å²) >= 11 is 0. The van der Waals surface area contributed by atoms with Gasteiger partial charge < -0.3 is 5.32 Å². The number of benzene rings is 1. The van der Waals surface area contributed by atoms with Crippen molar-refractivity contribution in [3.63, 3.8) is 0 Å². The Bertz CT molecular complexity index is 586. The molecule has 20 heavy (non-hydrogen) atoms. The van der Waals surface area contributed by atoms with E-state index in [4.69, 9.17) is 0 Å². The number of urea groups is 1. The zero-order valence-corrected chi connectivity index (χ0v) is 12.2. The molecule has 0 saturated heterocycles. The van der Waals surface area contributed by atoms with Crippen LogP contribution in [-0.4, -0.2) is 31.8 Å². The highest BCUT2D eigenvalue weighted by Gasteiger charge is 2.27. The number of carbonyl (C=O) groups is 1. The molecule has 110 valence electrons. The van der Waals surface area contributed by atoms with Gasteiger partial charge in [0.05, 0.1) is 0 Å². The van der Waals surface area contributed by atoms with Crippen molar-refractivity contribution < 1.29 is 13.2 Å². The Labute approximate surface area is 119 Å². The van der Waals surface area contributed by atoms with E-state index in [2.05, 4.69) is 5.32 Å². The van der Waals surface area contributed by atoms with Gasteiger partial charge in [-0.15, -0.1) is 0 Å². The fourth-order valence-electron chi connectivity index (χ4n) is 2.13. The third-order valence-corrected chi connectivity index (χ3v) is 4.63. The van der Waals surface area contributed by atoms with Crippen molar-refractivity contribution in [3.05, 3.63) is 35.4 Å². The van der Waals surface area contributed by atoms with Gasteiger partial charge in [-0.25, -0.2) is 9.52 Å². The number of rotatable bonds is 4. The maximum atomic E-state index is 12.1. The van der Waals surface area contributed by atoms with Gasteiger partial charge in [0.15, 0.2) is 0 Å². The molecule has 1 aromatic rings. The monoisotopic (exact) mass is 297 g/mol. The minimum Gasteiger partial charge on any atom is -0.337 e. The highest BCUT2D eigenvalue weighted by atomic mass is 32.2. The lowest BCUT2D eigenvalue weighted by molar-refractivity contribution is 0.244. The van der Waals surface area contributed by atoms with Crippen LogP contribution in [0.15, 0.2) is 24.3 Å². The second-order valence-corrected chi connectivity index (χ2v) is 6.39. The summed E-state index contributed by atoms with van der Waals surface area (Å²) < 4.78 is 27.6. The summed E-state index contributed by atoms with van der Waals surface area (Å²) in [6.07, 6.45) is 1.41. The van der Waals surface area contributed by atoms with Crippen LogP contribution in [0.25, 0.3) is 0 Å². The largest absolute Gasteiger partial charge is 0.337 e. The van der Waals surface area contributed by atoms with Gasteiger partial charge in [-0.05, 0) is 24.0 Å². The molecule has 2 amide bonds. The van der Waals surface area contributed by atoms with Gasteiger partial charge in [0, 0.05) is 19.6 Å². The first kappa shape index (κ1) is 14.8. The van der Waals surface area contributed by atoms with Crippen LogP contribution in [0.3, 0.4) is 0 Å². The molecule has 6 nitrogen and oxygen atoms in total. The molecule has 0 fully saturated rings. The van der Waals surface area contributed by atoms with Crippen molar-refractivity contribution in [2.45, 2.75) is 26.3 Å². The van der Waals surface area contributed by atoms with Crippen LogP contribution in [0, 0.1) is 0 Å². The smallest absolute Gasteiger partial charge is 0.329 e. The topological polar surface area (TPSA) is 78.5 Å². The van der Waals surface area contributed by atoms with Crippen molar-refractivity contribution >= 4 is 16.2 Å². The van der Waals surface area contributed by atoms with Crippen LogP contribution in [0.1, 0.15) is 24.5 Å². The Morgan fingerprint density at radius 1 is 1.30 bits per heavy atom. The van der Waals surface area contributed by atoms with Crippen molar-refractivity contribution in [3.8, 4) is 0 Å².